The number of non-ortho nitro benzene ring substituents is 1. The maximum atomic E-state index is 12.4. The number of carbonyl (C=O) groups excluding carboxylic acids is 3. The summed E-state index contributed by atoms with van der Waals surface area (Å²) in [7, 11) is 0. The fraction of sp³-hybridized carbons (Fsp3) is 0.286. The number of fused-ring (bicyclic) bond motifs is 1. The largest absolute Gasteiger partial charge is 0.460 e. The number of nitrogens with one attached hydrogen (secondary N) is 1. The Morgan fingerprint density at radius 2 is 1.84 bits per heavy atom. The second-order valence-electron chi connectivity index (χ2n) is 7.24. The molecule has 4 rings (SSSR count). The Morgan fingerprint density at radius 3 is 2.52 bits per heavy atom. The summed E-state index contributed by atoms with van der Waals surface area (Å²) >= 11 is 1.30. The smallest absolute Gasteiger partial charge is 0.321 e. The molecule has 2 heterocycles. The molecule has 3 atom stereocenters. The van der Waals surface area contributed by atoms with Crippen molar-refractivity contribution in [3.63, 3.8) is 0 Å². The molecule has 2 aromatic rings. The Hall–Kier alpha value is -3.40. The predicted molar refractivity (Wildman–Crippen MR) is 112 cm³/mol. The first kappa shape index (κ1) is 20.9. The van der Waals surface area contributed by atoms with Crippen LogP contribution in [0.15, 0.2) is 54.6 Å². The number of carbonyl (C=O) groups is 3. The second-order valence-corrected chi connectivity index (χ2v) is 8.57. The number of esters is 1. The number of rotatable bonds is 7. The van der Waals surface area contributed by atoms with E-state index in [1.165, 1.54) is 36.0 Å². The van der Waals surface area contributed by atoms with E-state index in [2.05, 4.69) is 5.32 Å². The van der Waals surface area contributed by atoms with Gasteiger partial charge in [0, 0.05) is 18.7 Å². The van der Waals surface area contributed by atoms with Gasteiger partial charge in [0.1, 0.15) is 23.3 Å². The van der Waals surface area contributed by atoms with Gasteiger partial charge in [0.2, 0.25) is 11.8 Å². The SMILES string of the molecule is O=C(Cc1ccccc1)N[C@@H]1C(=O)N2CC(C(=O)OCc3ccc([N+](=O)[O-])cc3)S[C@H]12. The average molecular weight is 441 g/mol. The molecule has 2 aliphatic heterocycles. The summed E-state index contributed by atoms with van der Waals surface area (Å²) in [5.41, 5.74) is 1.45. The number of benzene rings is 2. The first-order chi connectivity index (χ1) is 14.9. The summed E-state index contributed by atoms with van der Waals surface area (Å²) in [5, 5.41) is 12.6. The zero-order valence-electron chi connectivity index (χ0n) is 16.3. The average Bonchev–Trinajstić information content (AvgIpc) is 3.18. The van der Waals surface area contributed by atoms with Gasteiger partial charge in [-0.15, -0.1) is 11.8 Å². The molecule has 160 valence electrons. The van der Waals surface area contributed by atoms with Crippen molar-refractivity contribution in [2.75, 3.05) is 6.54 Å². The number of hydrogen-bond donors (Lipinski definition) is 1. The summed E-state index contributed by atoms with van der Waals surface area (Å²) in [6.07, 6.45) is 0.183. The summed E-state index contributed by atoms with van der Waals surface area (Å²) in [4.78, 5) is 48.8. The molecule has 2 amide bonds. The van der Waals surface area contributed by atoms with Gasteiger partial charge in [0.15, 0.2) is 0 Å². The van der Waals surface area contributed by atoms with E-state index in [0.29, 0.717) is 5.56 Å². The Bertz CT molecular complexity index is 1010. The summed E-state index contributed by atoms with van der Waals surface area (Å²) in [6, 6.07) is 14.4. The standard InChI is InChI=1S/C21H19N3O6S/c25-17(10-13-4-2-1-3-5-13)22-18-19(26)23-11-16(31-20(18)23)21(27)30-12-14-6-8-15(9-7-14)24(28)29/h1-9,16,18,20H,10-12H2,(H,22,25)/t16?,18-,20-/m1/s1. The quantitative estimate of drug-likeness (QED) is 0.300. The van der Waals surface area contributed by atoms with Gasteiger partial charge in [-0.1, -0.05) is 30.3 Å². The van der Waals surface area contributed by atoms with E-state index in [9.17, 15) is 24.5 Å². The van der Waals surface area contributed by atoms with E-state index in [4.69, 9.17) is 4.74 Å². The van der Waals surface area contributed by atoms with Gasteiger partial charge in [0.25, 0.3) is 5.69 Å². The van der Waals surface area contributed by atoms with Gasteiger partial charge in [-0.3, -0.25) is 24.5 Å². The van der Waals surface area contributed by atoms with Crippen molar-refractivity contribution in [1.29, 1.82) is 0 Å². The molecule has 1 unspecified atom stereocenters. The van der Waals surface area contributed by atoms with Crippen LogP contribution in [0.2, 0.25) is 0 Å². The lowest BCUT2D eigenvalue weighted by Crippen LogP contribution is -2.67. The Labute approximate surface area is 181 Å². The summed E-state index contributed by atoms with van der Waals surface area (Å²) in [5.74, 6) is -0.904. The zero-order valence-corrected chi connectivity index (χ0v) is 17.1. The molecule has 2 aliphatic rings. The van der Waals surface area contributed by atoms with Crippen LogP contribution < -0.4 is 5.32 Å². The van der Waals surface area contributed by atoms with Crippen molar-refractivity contribution in [2.24, 2.45) is 0 Å². The third-order valence-electron chi connectivity index (χ3n) is 5.12. The van der Waals surface area contributed by atoms with Crippen molar-refractivity contribution in [3.8, 4) is 0 Å². The van der Waals surface area contributed by atoms with Crippen molar-refractivity contribution >= 4 is 35.2 Å². The number of nitro groups is 1. The van der Waals surface area contributed by atoms with E-state index in [-0.39, 0.29) is 42.4 Å². The molecule has 31 heavy (non-hydrogen) atoms. The van der Waals surface area contributed by atoms with Gasteiger partial charge >= 0.3 is 5.97 Å². The lowest BCUT2D eigenvalue weighted by molar-refractivity contribution is -0.384. The number of β-lactam (4-membered cyclic amide) rings is 1. The van der Waals surface area contributed by atoms with E-state index in [1.807, 2.05) is 30.3 Å². The van der Waals surface area contributed by atoms with Gasteiger partial charge in [0.05, 0.1) is 11.3 Å². The Kier molecular flexibility index (Phi) is 5.90. The van der Waals surface area contributed by atoms with Crippen molar-refractivity contribution < 1.29 is 24.0 Å². The van der Waals surface area contributed by atoms with E-state index < -0.39 is 22.2 Å². The highest BCUT2D eigenvalue weighted by atomic mass is 32.2. The molecule has 9 nitrogen and oxygen atoms in total. The van der Waals surface area contributed by atoms with Crippen LogP contribution in [0.5, 0.6) is 0 Å². The van der Waals surface area contributed by atoms with Gasteiger partial charge in [-0.05, 0) is 23.3 Å². The number of nitrogens with zero attached hydrogens (tertiary/aromatic N) is 2. The lowest BCUT2D eigenvalue weighted by Gasteiger charge is -2.41. The highest BCUT2D eigenvalue weighted by molar-refractivity contribution is 8.01. The fourth-order valence-electron chi connectivity index (χ4n) is 3.49. The van der Waals surface area contributed by atoms with Crippen LogP contribution in [0.3, 0.4) is 0 Å². The van der Waals surface area contributed by atoms with Crippen LogP contribution in [-0.2, 0) is 32.1 Å². The molecule has 2 fully saturated rings. The second kappa shape index (κ2) is 8.76. The first-order valence-corrected chi connectivity index (χ1v) is 10.6. The molecule has 2 aromatic carbocycles. The number of nitro benzene ring substituents is 1. The third-order valence-corrected chi connectivity index (χ3v) is 6.60. The highest BCUT2D eigenvalue weighted by Gasteiger charge is 2.55. The summed E-state index contributed by atoms with van der Waals surface area (Å²) < 4.78 is 5.31. The molecule has 0 bridgehead atoms. The number of amides is 2. The van der Waals surface area contributed by atoms with Gasteiger partial charge in [-0.25, -0.2) is 0 Å². The highest BCUT2D eigenvalue weighted by Crippen LogP contribution is 2.40. The molecule has 0 saturated carbocycles. The topological polar surface area (TPSA) is 119 Å². The molecule has 2 saturated heterocycles. The van der Waals surface area contributed by atoms with Crippen LogP contribution in [0.25, 0.3) is 0 Å². The van der Waals surface area contributed by atoms with Crippen LogP contribution in [0, 0.1) is 10.1 Å². The van der Waals surface area contributed by atoms with Crippen LogP contribution in [0.4, 0.5) is 5.69 Å². The van der Waals surface area contributed by atoms with E-state index in [1.54, 1.807) is 4.90 Å². The van der Waals surface area contributed by atoms with Crippen LogP contribution >= 0.6 is 11.8 Å². The first-order valence-electron chi connectivity index (χ1n) is 9.61. The van der Waals surface area contributed by atoms with Crippen LogP contribution in [-0.4, -0.2) is 50.8 Å². The maximum absolute atomic E-state index is 12.4. The monoisotopic (exact) mass is 441 g/mol. The van der Waals surface area contributed by atoms with Gasteiger partial charge in [-0.2, -0.15) is 0 Å². The minimum atomic E-state index is -0.645. The van der Waals surface area contributed by atoms with Crippen LogP contribution in [0.1, 0.15) is 11.1 Å². The number of thioether (sulfide) groups is 1. The fourth-order valence-corrected chi connectivity index (χ4v) is 4.93. The lowest BCUT2D eigenvalue weighted by atomic mass is 10.1. The van der Waals surface area contributed by atoms with Crippen molar-refractivity contribution in [3.05, 3.63) is 75.8 Å². The summed E-state index contributed by atoms with van der Waals surface area (Å²) in [6.45, 7) is 0.224. The van der Waals surface area contributed by atoms with Gasteiger partial charge < -0.3 is 15.0 Å². The van der Waals surface area contributed by atoms with Crippen molar-refractivity contribution in [1.82, 2.24) is 10.2 Å². The van der Waals surface area contributed by atoms with E-state index in [0.717, 1.165) is 5.56 Å². The molecule has 0 radical (unpaired) electrons. The maximum Gasteiger partial charge on any atom is 0.321 e. The minimum absolute atomic E-state index is 0.0102. The minimum Gasteiger partial charge on any atom is -0.460 e. The predicted octanol–water partition coefficient (Wildman–Crippen LogP) is 1.65. The molecule has 0 aliphatic carbocycles. The molecular weight excluding hydrogens is 422 g/mol. The molecular formula is C21H19N3O6S. The zero-order chi connectivity index (χ0) is 22.0. The Balaban J connectivity index is 1.27. The molecule has 1 N–H and O–H groups in total. The number of ether oxygens (including phenoxy) is 1. The molecule has 0 spiro atoms. The Morgan fingerprint density at radius 1 is 1.13 bits per heavy atom. The normalized spacial score (nSPS) is 21.7. The molecule has 0 aromatic heterocycles. The van der Waals surface area contributed by atoms with E-state index >= 15 is 0 Å². The number of hydrogen-bond acceptors (Lipinski definition) is 7. The molecule has 10 heteroatoms. The third kappa shape index (κ3) is 4.53. The van der Waals surface area contributed by atoms with Crippen molar-refractivity contribution in [2.45, 2.75) is 29.7 Å².